The van der Waals surface area contributed by atoms with Crippen LogP contribution in [0.2, 0.25) is 0 Å². The minimum absolute atomic E-state index is 0.0711. The van der Waals surface area contributed by atoms with Gasteiger partial charge in [-0.1, -0.05) is 12.1 Å². The molecule has 0 saturated carbocycles. The van der Waals surface area contributed by atoms with Crippen molar-refractivity contribution in [3.8, 4) is 22.8 Å². The van der Waals surface area contributed by atoms with E-state index in [0.29, 0.717) is 34.0 Å². The summed E-state index contributed by atoms with van der Waals surface area (Å²) in [7, 11) is 3.06. The van der Waals surface area contributed by atoms with E-state index in [1.807, 2.05) is 0 Å². The molecule has 0 radical (unpaired) electrons. The SMILES string of the molecule is COc1ccc(-c2[nH][nH]c(=O)c2N=Nc2ccc(CC(=O)O)cc2)cc1OC. The number of methoxy groups -OCH3 is 2. The molecule has 0 aliphatic rings. The van der Waals surface area contributed by atoms with Crippen molar-refractivity contribution in [1.29, 1.82) is 0 Å². The van der Waals surface area contributed by atoms with E-state index < -0.39 is 11.5 Å². The molecule has 28 heavy (non-hydrogen) atoms. The smallest absolute Gasteiger partial charge is 0.307 e. The molecule has 144 valence electrons. The van der Waals surface area contributed by atoms with Crippen molar-refractivity contribution in [3.05, 3.63) is 58.4 Å². The zero-order valence-corrected chi connectivity index (χ0v) is 15.2. The summed E-state index contributed by atoms with van der Waals surface area (Å²) in [5.41, 5.74) is 1.96. The molecule has 1 aromatic heterocycles. The minimum Gasteiger partial charge on any atom is -0.493 e. The molecule has 3 aromatic rings. The van der Waals surface area contributed by atoms with Gasteiger partial charge in [-0.25, -0.2) is 0 Å². The fourth-order valence-electron chi connectivity index (χ4n) is 2.61. The maximum atomic E-state index is 12.1. The van der Waals surface area contributed by atoms with E-state index in [9.17, 15) is 9.59 Å². The minimum atomic E-state index is -0.909. The second kappa shape index (κ2) is 8.21. The predicted molar refractivity (Wildman–Crippen MR) is 102 cm³/mol. The van der Waals surface area contributed by atoms with Crippen LogP contribution in [-0.4, -0.2) is 35.5 Å². The van der Waals surface area contributed by atoms with Crippen molar-refractivity contribution in [2.75, 3.05) is 14.2 Å². The Hall–Kier alpha value is -3.88. The molecule has 1 heterocycles. The summed E-state index contributed by atoms with van der Waals surface area (Å²) in [6, 6.07) is 11.8. The molecule has 0 atom stereocenters. The van der Waals surface area contributed by atoms with E-state index in [0.717, 1.165) is 0 Å². The number of carboxylic acids is 1. The van der Waals surface area contributed by atoms with Crippen LogP contribution in [0.15, 0.2) is 57.5 Å². The number of hydrogen-bond donors (Lipinski definition) is 3. The Kier molecular flexibility index (Phi) is 5.54. The van der Waals surface area contributed by atoms with Gasteiger partial charge in [0.1, 0.15) is 0 Å². The van der Waals surface area contributed by atoms with Gasteiger partial charge in [-0.15, -0.1) is 5.11 Å². The van der Waals surface area contributed by atoms with Crippen molar-refractivity contribution in [2.24, 2.45) is 10.2 Å². The molecular weight excluding hydrogens is 364 g/mol. The Bertz CT molecular complexity index is 1070. The highest BCUT2D eigenvalue weighted by Crippen LogP contribution is 2.34. The summed E-state index contributed by atoms with van der Waals surface area (Å²) in [6.07, 6.45) is -0.0711. The number of aromatic nitrogens is 2. The molecular formula is C19H18N4O5. The summed E-state index contributed by atoms with van der Waals surface area (Å²) in [6.45, 7) is 0. The lowest BCUT2D eigenvalue weighted by atomic mass is 10.1. The third kappa shape index (κ3) is 4.09. The largest absolute Gasteiger partial charge is 0.493 e. The van der Waals surface area contributed by atoms with Crippen molar-refractivity contribution < 1.29 is 19.4 Å². The molecule has 0 fully saturated rings. The summed E-state index contributed by atoms with van der Waals surface area (Å²) < 4.78 is 10.5. The molecule has 0 aliphatic carbocycles. The number of carbonyl (C=O) groups is 1. The lowest BCUT2D eigenvalue weighted by Gasteiger charge is -2.08. The zero-order chi connectivity index (χ0) is 20.1. The molecule has 9 nitrogen and oxygen atoms in total. The Balaban J connectivity index is 1.90. The number of ether oxygens (including phenoxy) is 2. The standard InChI is InChI=1S/C19H18N4O5/c1-27-14-8-5-12(10-15(14)28-2)17-18(19(26)23-21-17)22-20-13-6-3-11(4-7-13)9-16(24)25/h3-8,10H,9H2,1-2H3,(H,24,25)(H2,21,23,26). The third-order valence-electron chi connectivity index (χ3n) is 3.98. The number of hydrogen-bond acceptors (Lipinski definition) is 6. The molecule has 2 aromatic carbocycles. The highest BCUT2D eigenvalue weighted by Gasteiger charge is 2.14. The second-order valence-corrected chi connectivity index (χ2v) is 5.81. The van der Waals surface area contributed by atoms with E-state index in [1.165, 1.54) is 14.2 Å². The molecule has 3 rings (SSSR count). The number of carboxylic acid groups (broad SMARTS) is 1. The van der Waals surface area contributed by atoms with Crippen LogP contribution >= 0.6 is 0 Å². The second-order valence-electron chi connectivity index (χ2n) is 5.81. The van der Waals surface area contributed by atoms with Crippen molar-refractivity contribution in [1.82, 2.24) is 10.2 Å². The van der Waals surface area contributed by atoms with Gasteiger partial charge in [0.05, 0.1) is 32.0 Å². The van der Waals surface area contributed by atoms with Crippen LogP contribution in [0.1, 0.15) is 5.56 Å². The van der Waals surface area contributed by atoms with Crippen molar-refractivity contribution >= 4 is 17.3 Å². The molecule has 0 aliphatic heterocycles. The summed E-state index contributed by atoms with van der Waals surface area (Å²) >= 11 is 0. The zero-order valence-electron chi connectivity index (χ0n) is 15.2. The number of aliphatic carboxylic acids is 1. The first-order valence-corrected chi connectivity index (χ1v) is 8.27. The number of rotatable bonds is 7. The Morgan fingerprint density at radius 1 is 1.00 bits per heavy atom. The lowest BCUT2D eigenvalue weighted by molar-refractivity contribution is -0.136. The van der Waals surface area contributed by atoms with Gasteiger partial charge in [0, 0.05) is 5.56 Å². The number of azo groups is 1. The van der Waals surface area contributed by atoms with Gasteiger partial charge in [0.2, 0.25) is 0 Å². The highest BCUT2D eigenvalue weighted by molar-refractivity contribution is 5.73. The van der Waals surface area contributed by atoms with Gasteiger partial charge < -0.3 is 14.6 Å². The van der Waals surface area contributed by atoms with E-state index in [1.54, 1.807) is 42.5 Å². The monoisotopic (exact) mass is 382 g/mol. The molecule has 0 unspecified atom stereocenters. The average molecular weight is 382 g/mol. The molecule has 3 N–H and O–H groups in total. The Morgan fingerprint density at radius 3 is 2.36 bits per heavy atom. The van der Waals surface area contributed by atoms with Crippen LogP contribution in [0.5, 0.6) is 11.5 Å². The van der Waals surface area contributed by atoms with E-state index in [4.69, 9.17) is 14.6 Å². The summed E-state index contributed by atoms with van der Waals surface area (Å²) in [5, 5.41) is 22.2. The fraction of sp³-hybridized carbons (Fsp3) is 0.158. The maximum Gasteiger partial charge on any atom is 0.307 e. The number of H-pyrrole nitrogens is 2. The maximum absolute atomic E-state index is 12.1. The van der Waals surface area contributed by atoms with Gasteiger partial charge in [0.25, 0.3) is 5.56 Å². The van der Waals surface area contributed by atoms with Gasteiger partial charge in [0.15, 0.2) is 17.2 Å². The first-order chi connectivity index (χ1) is 13.5. The molecule has 0 spiro atoms. The van der Waals surface area contributed by atoms with Crippen molar-refractivity contribution in [3.63, 3.8) is 0 Å². The number of nitrogens with zero attached hydrogens (tertiary/aromatic N) is 2. The van der Waals surface area contributed by atoms with Gasteiger partial charge in [-0.05, 0) is 35.9 Å². The predicted octanol–water partition coefficient (Wildman–Crippen LogP) is 3.43. The fourth-order valence-corrected chi connectivity index (χ4v) is 2.61. The van der Waals surface area contributed by atoms with Crippen LogP contribution in [0.3, 0.4) is 0 Å². The number of benzene rings is 2. The molecule has 0 bridgehead atoms. The van der Waals surface area contributed by atoms with Crippen LogP contribution in [0.25, 0.3) is 11.3 Å². The van der Waals surface area contributed by atoms with Crippen molar-refractivity contribution in [2.45, 2.75) is 6.42 Å². The summed E-state index contributed by atoms with van der Waals surface area (Å²) in [5.74, 6) is 0.167. The quantitative estimate of drug-likeness (QED) is 0.539. The normalized spacial score (nSPS) is 10.9. The molecule has 0 saturated heterocycles. The topological polar surface area (TPSA) is 129 Å². The molecule has 0 amide bonds. The van der Waals surface area contributed by atoms with Crippen LogP contribution in [-0.2, 0) is 11.2 Å². The van der Waals surface area contributed by atoms with Gasteiger partial charge >= 0.3 is 5.97 Å². The first-order valence-electron chi connectivity index (χ1n) is 8.27. The van der Waals surface area contributed by atoms with Crippen LogP contribution in [0.4, 0.5) is 11.4 Å². The lowest BCUT2D eigenvalue weighted by Crippen LogP contribution is -1.99. The van der Waals surface area contributed by atoms with Crippen LogP contribution < -0.4 is 15.0 Å². The number of nitrogens with one attached hydrogen (secondary N) is 2. The highest BCUT2D eigenvalue weighted by atomic mass is 16.5. The van der Waals surface area contributed by atoms with Gasteiger partial charge in [-0.3, -0.25) is 19.8 Å². The van der Waals surface area contributed by atoms with Crippen LogP contribution in [0, 0.1) is 0 Å². The van der Waals surface area contributed by atoms with E-state index in [2.05, 4.69) is 20.4 Å². The number of aromatic amines is 2. The van der Waals surface area contributed by atoms with Gasteiger partial charge in [-0.2, -0.15) is 5.11 Å². The first kappa shape index (κ1) is 18.9. The summed E-state index contributed by atoms with van der Waals surface area (Å²) in [4.78, 5) is 22.9. The Labute approximate surface area is 159 Å². The Morgan fingerprint density at radius 2 is 1.71 bits per heavy atom. The average Bonchev–Trinajstić information content (AvgIpc) is 3.07. The van der Waals surface area contributed by atoms with E-state index >= 15 is 0 Å². The van der Waals surface area contributed by atoms with E-state index in [-0.39, 0.29) is 12.1 Å². The molecule has 9 heteroatoms. The third-order valence-corrected chi connectivity index (χ3v) is 3.98.